The molecule has 7 nitrogen and oxygen atoms in total. The van der Waals surface area contributed by atoms with E-state index < -0.39 is 5.60 Å². The van der Waals surface area contributed by atoms with Gasteiger partial charge in [-0.1, -0.05) is 31.9 Å². The van der Waals surface area contributed by atoms with Crippen LogP contribution in [0.15, 0.2) is 22.6 Å². The fourth-order valence-electron chi connectivity index (χ4n) is 4.71. The van der Waals surface area contributed by atoms with Gasteiger partial charge in [0.2, 0.25) is 0 Å². The highest BCUT2D eigenvalue weighted by Gasteiger charge is 2.44. The number of aryl methyl sites for hydroxylation is 1. The van der Waals surface area contributed by atoms with Crippen LogP contribution in [0.2, 0.25) is 0 Å². The monoisotopic (exact) mass is 436 g/mol. The van der Waals surface area contributed by atoms with Crippen molar-refractivity contribution < 1.29 is 14.3 Å². The molecule has 2 aliphatic rings. The van der Waals surface area contributed by atoms with E-state index in [2.05, 4.69) is 55.3 Å². The molecule has 0 bridgehead atoms. The number of anilines is 1. The van der Waals surface area contributed by atoms with Crippen LogP contribution in [0.5, 0.6) is 0 Å². The molecule has 2 aromatic heterocycles. The van der Waals surface area contributed by atoms with Crippen molar-refractivity contribution in [2.75, 3.05) is 19.0 Å². The molecule has 1 aromatic carbocycles. The second-order valence-electron chi connectivity index (χ2n) is 10.5. The number of nitrogens with zero attached hydrogens (tertiary/aromatic N) is 3. The van der Waals surface area contributed by atoms with Gasteiger partial charge in [-0.3, -0.25) is 0 Å². The smallest absolute Gasteiger partial charge is 0.316 e. The fourth-order valence-corrected chi connectivity index (χ4v) is 4.71. The molecule has 0 atom stereocenters. The lowest BCUT2D eigenvalue weighted by Gasteiger charge is -2.45. The summed E-state index contributed by atoms with van der Waals surface area (Å²) in [4.78, 5) is 4.99. The zero-order valence-corrected chi connectivity index (χ0v) is 19.5. The van der Waals surface area contributed by atoms with Crippen LogP contribution in [0, 0.1) is 6.92 Å². The lowest BCUT2D eigenvalue weighted by molar-refractivity contribution is -0.110. The molecule has 2 aliphatic carbocycles. The number of benzene rings is 1. The maximum atomic E-state index is 9.50. The molecule has 2 N–H and O–H groups in total. The van der Waals surface area contributed by atoms with Crippen molar-refractivity contribution >= 4 is 16.9 Å². The van der Waals surface area contributed by atoms with Gasteiger partial charge < -0.3 is 19.6 Å². The van der Waals surface area contributed by atoms with E-state index in [1.54, 1.807) is 7.11 Å². The maximum Gasteiger partial charge on any atom is 0.316 e. The van der Waals surface area contributed by atoms with E-state index in [4.69, 9.17) is 14.1 Å². The predicted octanol–water partition coefficient (Wildman–Crippen LogP) is 4.72. The minimum absolute atomic E-state index is 0.00954. The highest BCUT2D eigenvalue weighted by Crippen LogP contribution is 2.44. The maximum absolute atomic E-state index is 9.50. The van der Waals surface area contributed by atoms with E-state index >= 15 is 0 Å². The second-order valence-corrected chi connectivity index (χ2v) is 10.5. The van der Waals surface area contributed by atoms with Crippen LogP contribution in [-0.2, 0) is 10.2 Å². The van der Waals surface area contributed by atoms with Gasteiger partial charge in [0, 0.05) is 18.5 Å². The number of hydrogen-bond acceptors (Lipinski definition) is 7. The minimum Gasteiger partial charge on any atom is -0.402 e. The molecule has 0 amide bonds. The van der Waals surface area contributed by atoms with E-state index in [-0.39, 0.29) is 18.1 Å². The van der Waals surface area contributed by atoms with Gasteiger partial charge in [0.15, 0.2) is 0 Å². The zero-order chi connectivity index (χ0) is 22.7. The van der Waals surface area contributed by atoms with Crippen LogP contribution in [0.4, 0.5) is 6.01 Å². The van der Waals surface area contributed by atoms with Gasteiger partial charge >= 0.3 is 6.01 Å². The number of nitrogens with one attached hydrogen (secondary N) is 1. The van der Waals surface area contributed by atoms with Gasteiger partial charge in [-0.05, 0) is 72.8 Å². The number of hydrogen-bond donors (Lipinski definition) is 2. The van der Waals surface area contributed by atoms with Crippen molar-refractivity contribution in [3.8, 4) is 11.6 Å². The number of aliphatic hydroxyl groups is 1. The molecule has 0 spiro atoms. The Labute approximate surface area is 188 Å². The summed E-state index contributed by atoms with van der Waals surface area (Å²) in [6, 6.07) is 7.20. The van der Waals surface area contributed by atoms with Gasteiger partial charge in [0.05, 0.1) is 17.7 Å². The Morgan fingerprint density at radius 3 is 2.56 bits per heavy atom. The number of fused-ring (bicyclic) bond motifs is 1. The Morgan fingerprint density at radius 2 is 1.94 bits per heavy atom. The third-order valence-electron chi connectivity index (χ3n) is 6.93. The van der Waals surface area contributed by atoms with Crippen LogP contribution in [0.25, 0.3) is 22.5 Å². The first-order chi connectivity index (χ1) is 15.2. The van der Waals surface area contributed by atoms with Gasteiger partial charge in [0.1, 0.15) is 5.69 Å². The summed E-state index contributed by atoms with van der Waals surface area (Å²) in [7, 11) is 1.63. The van der Waals surface area contributed by atoms with Crippen LogP contribution >= 0.6 is 0 Å². The van der Waals surface area contributed by atoms with Crippen molar-refractivity contribution in [3.63, 3.8) is 0 Å². The van der Waals surface area contributed by atoms with Crippen molar-refractivity contribution in [2.24, 2.45) is 0 Å². The van der Waals surface area contributed by atoms with E-state index in [0.717, 1.165) is 11.1 Å². The third-order valence-corrected chi connectivity index (χ3v) is 6.93. The highest BCUT2D eigenvalue weighted by atomic mass is 16.5. The number of aliphatic hydroxyl groups excluding tert-OH is 1. The highest BCUT2D eigenvalue weighted by molar-refractivity contribution is 5.88. The Balaban J connectivity index is 1.46. The molecule has 170 valence electrons. The summed E-state index contributed by atoms with van der Waals surface area (Å²) in [6.07, 6.45) is 3.96. The molecule has 7 heteroatoms. The average Bonchev–Trinajstić information content (AvgIpc) is 3.47. The van der Waals surface area contributed by atoms with Gasteiger partial charge in [-0.2, -0.15) is 0 Å². The molecule has 0 aliphatic heterocycles. The molecule has 0 unspecified atom stereocenters. The topological polar surface area (TPSA) is 93.3 Å². The number of ether oxygens (including phenoxy) is 1. The molecule has 0 saturated heterocycles. The minimum atomic E-state index is -0.458. The Morgan fingerprint density at radius 1 is 1.19 bits per heavy atom. The summed E-state index contributed by atoms with van der Waals surface area (Å²) in [6.45, 7) is 8.85. The van der Waals surface area contributed by atoms with Crippen molar-refractivity contribution in [1.82, 2.24) is 15.2 Å². The molecule has 2 heterocycles. The van der Waals surface area contributed by atoms with E-state index in [1.165, 1.54) is 29.4 Å². The SMILES string of the molecule is COC1(CO)CC(Nc2nnc(-c3cc(C)c4cc(C5CC5)cc(C(C)(C)C)c4n3)o2)C1. The first kappa shape index (κ1) is 21.3. The summed E-state index contributed by atoms with van der Waals surface area (Å²) in [5, 5.41) is 22.4. The van der Waals surface area contributed by atoms with E-state index in [0.29, 0.717) is 36.4 Å². The van der Waals surface area contributed by atoms with Crippen LogP contribution in [-0.4, -0.2) is 45.6 Å². The third kappa shape index (κ3) is 3.77. The molecule has 3 aromatic rings. The number of aromatic nitrogens is 3. The van der Waals surface area contributed by atoms with Crippen LogP contribution in [0.1, 0.15) is 69.1 Å². The predicted molar refractivity (Wildman–Crippen MR) is 124 cm³/mol. The Bertz CT molecular complexity index is 1150. The normalized spacial score (nSPS) is 23.4. The second kappa shape index (κ2) is 7.52. The molecule has 0 radical (unpaired) electrons. The summed E-state index contributed by atoms with van der Waals surface area (Å²) in [5.41, 5.74) is 5.08. The fraction of sp³-hybridized carbons (Fsp3) is 0.560. The van der Waals surface area contributed by atoms with Gasteiger partial charge in [-0.15, -0.1) is 5.10 Å². The number of methoxy groups -OCH3 is 1. The lowest BCUT2D eigenvalue weighted by Crippen LogP contribution is -2.54. The molecular weight excluding hydrogens is 404 g/mol. The standard InChI is InChI=1S/C25H32N4O3/c1-14-8-20(22-28-29-23(32-22)26-17-11-25(12-17,13-30)31-5)27-21-18(14)9-16(15-6-7-15)10-19(21)24(2,3)4/h8-10,15,17,30H,6-7,11-13H2,1-5H3,(H,26,29). The van der Waals surface area contributed by atoms with Crippen molar-refractivity contribution in [2.45, 2.75) is 76.4 Å². The molecule has 2 saturated carbocycles. The number of rotatable bonds is 6. The molecule has 5 rings (SSSR count). The Kier molecular flexibility index (Phi) is 5.02. The first-order valence-corrected chi connectivity index (χ1v) is 11.4. The average molecular weight is 437 g/mol. The lowest BCUT2D eigenvalue weighted by atomic mass is 9.76. The molecule has 2 fully saturated rings. The zero-order valence-electron chi connectivity index (χ0n) is 19.5. The summed E-state index contributed by atoms with van der Waals surface area (Å²) < 4.78 is 11.3. The van der Waals surface area contributed by atoms with Crippen LogP contribution in [0.3, 0.4) is 0 Å². The first-order valence-electron chi connectivity index (χ1n) is 11.4. The van der Waals surface area contributed by atoms with Crippen molar-refractivity contribution in [3.05, 3.63) is 34.9 Å². The molecular formula is C25H32N4O3. The van der Waals surface area contributed by atoms with Crippen LogP contribution < -0.4 is 5.32 Å². The van der Waals surface area contributed by atoms with Gasteiger partial charge in [-0.25, -0.2) is 4.98 Å². The number of pyridine rings is 1. The Hall–Kier alpha value is -2.51. The quantitative estimate of drug-likeness (QED) is 0.577. The van der Waals surface area contributed by atoms with E-state index in [1.807, 2.05) is 6.07 Å². The summed E-state index contributed by atoms with van der Waals surface area (Å²) >= 11 is 0. The van der Waals surface area contributed by atoms with E-state index in [9.17, 15) is 5.11 Å². The van der Waals surface area contributed by atoms with Gasteiger partial charge in [0.25, 0.3) is 5.89 Å². The van der Waals surface area contributed by atoms with Crippen molar-refractivity contribution in [1.29, 1.82) is 0 Å². The largest absolute Gasteiger partial charge is 0.402 e. The summed E-state index contributed by atoms with van der Waals surface area (Å²) in [5.74, 6) is 1.10. The molecule has 32 heavy (non-hydrogen) atoms.